The molecule has 1 amide bonds. The van der Waals surface area contributed by atoms with Crippen molar-refractivity contribution in [1.29, 1.82) is 0 Å². The number of anilines is 4. The van der Waals surface area contributed by atoms with E-state index in [0.717, 1.165) is 23.0 Å². The maximum absolute atomic E-state index is 11.6. The van der Waals surface area contributed by atoms with Crippen molar-refractivity contribution in [3.05, 3.63) is 120 Å². The van der Waals surface area contributed by atoms with Gasteiger partial charge in [0, 0.05) is 40.6 Å². The Bertz CT molecular complexity index is 1630. The number of nitrogens with zero attached hydrogens (tertiary/aromatic N) is 4. The molecule has 0 spiro atoms. The van der Waals surface area contributed by atoms with Gasteiger partial charge in [0.05, 0.1) is 12.4 Å². The molecule has 3 aromatic carbocycles. The highest BCUT2D eigenvalue weighted by molar-refractivity contribution is 6.32. The number of halogens is 1. The van der Waals surface area contributed by atoms with Crippen LogP contribution in [0.25, 0.3) is 10.9 Å². The van der Waals surface area contributed by atoms with Crippen LogP contribution < -0.4 is 16.1 Å². The van der Waals surface area contributed by atoms with E-state index >= 15 is 0 Å². The topological polar surface area (TPSA) is 96.2 Å². The second-order valence-corrected chi connectivity index (χ2v) is 8.78. The van der Waals surface area contributed by atoms with Crippen LogP contribution in [-0.2, 0) is 11.3 Å². The minimum Gasteiger partial charge on any atom is -0.342 e. The lowest BCUT2D eigenvalue weighted by Gasteiger charge is -2.10. The molecule has 0 unspecified atom stereocenters. The number of carbonyl (C=O) groups excluding carboxylic acids is 1. The smallest absolute Gasteiger partial charge is 0.247 e. The fourth-order valence-electron chi connectivity index (χ4n) is 3.96. The molecular formula is C29H24ClN7O. The van der Waals surface area contributed by atoms with Gasteiger partial charge in [0.25, 0.3) is 0 Å². The van der Waals surface area contributed by atoms with Crippen LogP contribution in [0.1, 0.15) is 11.1 Å². The zero-order valence-electron chi connectivity index (χ0n) is 20.3. The minimum absolute atomic E-state index is 0.275. The fraction of sp³-hybridized carbons (Fsp3) is 0.0345. The van der Waals surface area contributed by atoms with Crippen LogP contribution in [0, 0.1) is 0 Å². The predicted molar refractivity (Wildman–Crippen MR) is 154 cm³/mol. The summed E-state index contributed by atoms with van der Waals surface area (Å²) >= 11 is 6.32. The predicted octanol–water partition coefficient (Wildman–Crippen LogP) is 6.45. The van der Waals surface area contributed by atoms with Crippen molar-refractivity contribution in [3.8, 4) is 0 Å². The number of rotatable bonds is 9. The number of aromatic nitrogens is 3. The van der Waals surface area contributed by atoms with Gasteiger partial charge in [-0.3, -0.25) is 4.79 Å². The number of para-hydroxylation sites is 1. The monoisotopic (exact) mass is 521 g/mol. The van der Waals surface area contributed by atoms with E-state index in [1.165, 1.54) is 17.8 Å². The summed E-state index contributed by atoms with van der Waals surface area (Å²) in [5.74, 6) is 0.373. The van der Waals surface area contributed by atoms with Crippen LogP contribution in [0.3, 0.4) is 0 Å². The van der Waals surface area contributed by atoms with E-state index in [-0.39, 0.29) is 11.9 Å². The van der Waals surface area contributed by atoms with Gasteiger partial charge in [0.2, 0.25) is 11.9 Å². The van der Waals surface area contributed by atoms with Gasteiger partial charge in [0.1, 0.15) is 5.02 Å². The highest BCUT2D eigenvalue weighted by Crippen LogP contribution is 2.26. The van der Waals surface area contributed by atoms with Gasteiger partial charge in [0.15, 0.2) is 5.82 Å². The molecule has 0 saturated carbocycles. The Morgan fingerprint density at radius 2 is 1.82 bits per heavy atom. The molecule has 0 atom stereocenters. The van der Waals surface area contributed by atoms with Crippen molar-refractivity contribution in [1.82, 2.24) is 14.5 Å². The summed E-state index contributed by atoms with van der Waals surface area (Å²) in [6.45, 7) is 4.22. The number of hydrogen-bond acceptors (Lipinski definition) is 6. The zero-order valence-corrected chi connectivity index (χ0v) is 21.1. The molecular weight excluding hydrogens is 498 g/mol. The number of hydrazone groups is 1. The standard InChI is InChI=1S/C29H24ClN7O/c1-2-27(38)33-22-11-8-12-23(15-22)34-28-25(30)17-31-29(35-28)36-32-16-21-19-37(18-20-9-4-3-5-10-20)26-14-7-6-13-24(21)26/h2-17,19H,1,18H2,(H,33,38)(H2,31,34,35,36)/b32-16+. The lowest BCUT2D eigenvalue weighted by Crippen LogP contribution is -2.07. The van der Waals surface area contributed by atoms with Crippen LogP contribution in [0.15, 0.2) is 109 Å². The Hall–Kier alpha value is -4.95. The third-order valence-electron chi connectivity index (χ3n) is 5.71. The fourth-order valence-corrected chi connectivity index (χ4v) is 4.10. The second kappa shape index (κ2) is 11.4. The van der Waals surface area contributed by atoms with E-state index in [4.69, 9.17) is 11.6 Å². The first-order valence-electron chi connectivity index (χ1n) is 11.8. The van der Waals surface area contributed by atoms with Crippen molar-refractivity contribution >= 4 is 57.8 Å². The van der Waals surface area contributed by atoms with Crippen molar-refractivity contribution in [3.63, 3.8) is 0 Å². The molecule has 2 heterocycles. The van der Waals surface area contributed by atoms with Gasteiger partial charge in [-0.1, -0.05) is 72.8 Å². The van der Waals surface area contributed by atoms with Gasteiger partial charge in [-0.05, 0) is 35.9 Å². The van der Waals surface area contributed by atoms with Gasteiger partial charge < -0.3 is 15.2 Å². The lowest BCUT2D eigenvalue weighted by atomic mass is 10.2. The molecule has 2 aromatic heterocycles. The Balaban J connectivity index is 1.32. The third kappa shape index (κ3) is 5.88. The van der Waals surface area contributed by atoms with Crippen LogP contribution >= 0.6 is 11.6 Å². The summed E-state index contributed by atoms with van der Waals surface area (Å²) in [4.78, 5) is 20.3. The van der Waals surface area contributed by atoms with E-state index in [9.17, 15) is 4.79 Å². The maximum atomic E-state index is 11.6. The molecule has 0 bridgehead atoms. The van der Waals surface area contributed by atoms with E-state index in [0.29, 0.717) is 22.2 Å². The first kappa shape index (κ1) is 24.7. The SMILES string of the molecule is C=CC(=O)Nc1cccc(Nc2nc(N/N=C/c3cn(Cc4ccccc4)c4ccccc34)ncc2Cl)c1. The van der Waals surface area contributed by atoms with Gasteiger partial charge in [-0.15, -0.1) is 0 Å². The largest absolute Gasteiger partial charge is 0.342 e. The molecule has 0 aliphatic carbocycles. The molecule has 0 saturated heterocycles. The molecule has 9 heteroatoms. The number of nitrogens with one attached hydrogen (secondary N) is 3. The highest BCUT2D eigenvalue weighted by Gasteiger charge is 2.09. The van der Waals surface area contributed by atoms with Crippen molar-refractivity contribution in [2.24, 2.45) is 5.10 Å². The summed E-state index contributed by atoms with van der Waals surface area (Å²) in [5.41, 5.74) is 7.50. The molecule has 0 aliphatic heterocycles. The molecule has 188 valence electrons. The normalized spacial score (nSPS) is 11.0. The van der Waals surface area contributed by atoms with Crippen LogP contribution in [0.5, 0.6) is 0 Å². The third-order valence-corrected chi connectivity index (χ3v) is 5.98. The van der Waals surface area contributed by atoms with E-state index in [2.05, 4.69) is 72.7 Å². The minimum atomic E-state index is -0.297. The van der Waals surface area contributed by atoms with Gasteiger partial charge >= 0.3 is 0 Å². The van der Waals surface area contributed by atoms with E-state index in [1.54, 1.807) is 24.4 Å². The Morgan fingerprint density at radius 1 is 1.03 bits per heavy atom. The molecule has 5 rings (SSSR count). The molecule has 0 aliphatic rings. The number of benzene rings is 3. The zero-order chi connectivity index (χ0) is 26.3. The van der Waals surface area contributed by atoms with Gasteiger partial charge in [-0.25, -0.2) is 10.4 Å². The maximum Gasteiger partial charge on any atom is 0.247 e. The molecule has 0 fully saturated rings. The van der Waals surface area contributed by atoms with E-state index < -0.39 is 0 Å². The van der Waals surface area contributed by atoms with Crippen LogP contribution in [0.4, 0.5) is 23.1 Å². The van der Waals surface area contributed by atoms with Crippen molar-refractivity contribution < 1.29 is 4.79 Å². The molecule has 3 N–H and O–H groups in total. The van der Waals surface area contributed by atoms with Crippen LogP contribution in [-0.4, -0.2) is 26.7 Å². The first-order valence-corrected chi connectivity index (χ1v) is 12.2. The summed E-state index contributed by atoms with van der Waals surface area (Å²) in [6, 6.07) is 25.7. The highest BCUT2D eigenvalue weighted by atomic mass is 35.5. The van der Waals surface area contributed by atoms with Crippen molar-refractivity contribution in [2.75, 3.05) is 16.1 Å². The average molecular weight is 522 g/mol. The average Bonchev–Trinajstić information content (AvgIpc) is 3.28. The Labute approximate surface area is 224 Å². The molecule has 0 radical (unpaired) electrons. The van der Waals surface area contributed by atoms with Crippen molar-refractivity contribution in [2.45, 2.75) is 6.54 Å². The number of carbonyl (C=O) groups is 1. The molecule has 38 heavy (non-hydrogen) atoms. The Kier molecular flexibility index (Phi) is 7.42. The summed E-state index contributed by atoms with van der Waals surface area (Å²) in [7, 11) is 0. The number of hydrogen-bond donors (Lipinski definition) is 3. The summed E-state index contributed by atoms with van der Waals surface area (Å²) in [5, 5.41) is 11.7. The quantitative estimate of drug-likeness (QED) is 0.118. The van der Waals surface area contributed by atoms with E-state index in [1.807, 2.05) is 36.4 Å². The molecule has 8 nitrogen and oxygen atoms in total. The lowest BCUT2D eigenvalue weighted by molar-refractivity contribution is -0.111. The summed E-state index contributed by atoms with van der Waals surface area (Å²) < 4.78 is 2.21. The first-order chi connectivity index (χ1) is 18.6. The Morgan fingerprint density at radius 3 is 2.66 bits per heavy atom. The second-order valence-electron chi connectivity index (χ2n) is 8.37. The summed E-state index contributed by atoms with van der Waals surface area (Å²) in [6.07, 6.45) is 6.53. The van der Waals surface area contributed by atoms with Gasteiger partial charge in [-0.2, -0.15) is 10.1 Å². The number of fused-ring (bicyclic) bond motifs is 1. The number of amides is 1. The van der Waals surface area contributed by atoms with Crippen LogP contribution in [0.2, 0.25) is 5.02 Å². The molecule has 5 aromatic rings.